The number of hydrogen-bond donors (Lipinski definition) is 1. The molecule has 0 spiro atoms. The number of pyridine rings is 1. The van der Waals surface area contributed by atoms with E-state index in [2.05, 4.69) is 36.4 Å². The molecule has 4 rings (SSSR count). The maximum Gasteiger partial charge on any atom is 0.227 e. The molecule has 1 aliphatic heterocycles. The summed E-state index contributed by atoms with van der Waals surface area (Å²) < 4.78 is 0. The van der Waals surface area contributed by atoms with E-state index in [0.29, 0.717) is 12.5 Å². The second-order valence-corrected chi connectivity index (χ2v) is 8.33. The molecule has 1 N–H and O–H groups in total. The second-order valence-electron chi connectivity index (χ2n) is 7.29. The highest BCUT2D eigenvalue weighted by atomic mass is 32.1. The Kier molecular flexibility index (Phi) is 5.94. The van der Waals surface area contributed by atoms with Crippen LogP contribution in [0.1, 0.15) is 36.4 Å². The number of anilines is 1. The Labute approximate surface area is 163 Å². The van der Waals surface area contributed by atoms with Gasteiger partial charge in [0.25, 0.3) is 0 Å². The van der Waals surface area contributed by atoms with Crippen LogP contribution in [0.4, 0.5) is 5.13 Å². The molecule has 27 heavy (non-hydrogen) atoms. The molecule has 1 amide bonds. The van der Waals surface area contributed by atoms with Crippen LogP contribution in [0.2, 0.25) is 0 Å². The summed E-state index contributed by atoms with van der Waals surface area (Å²) in [6, 6.07) is 6.41. The minimum Gasteiger partial charge on any atom is -0.353 e. The topological polar surface area (TPSA) is 74.2 Å². The van der Waals surface area contributed by atoms with Crippen LogP contribution in [-0.2, 0) is 17.8 Å². The van der Waals surface area contributed by atoms with Gasteiger partial charge in [-0.1, -0.05) is 30.2 Å². The van der Waals surface area contributed by atoms with Gasteiger partial charge in [0.05, 0.1) is 12.1 Å². The van der Waals surface area contributed by atoms with Gasteiger partial charge in [0, 0.05) is 45.0 Å². The summed E-state index contributed by atoms with van der Waals surface area (Å²) in [5.41, 5.74) is 1.11. The Hall–Kier alpha value is -2.06. The average Bonchev–Trinajstić information content (AvgIpc) is 3.35. The third-order valence-corrected chi connectivity index (χ3v) is 6.23. The van der Waals surface area contributed by atoms with Crippen molar-refractivity contribution < 1.29 is 4.79 Å². The molecule has 0 atom stereocenters. The Morgan fingerprint density at radius 2 is 1.96 bits per heavy atom. The first-order valence-electron chi connectivity index (χ1n) is 9.75. The van der Waals surface area contributed by atoms with Crippen molar-refractivity contribution in [2.75, 3.05) is 31.1 Å². The lowest BCUT2D eigenvalue weighted by atomic mass is 10.2. The minimum atomic E-state index is 0.0739. The van der Waals surface area contributed by atoms with E-state index in [1.165, 1.54) is 12.8 Å². The summed E-state index contributed by atoms with van der Waals surface area (Å²) in [5.74, 6) is 0.0739. The number of rotatable bonds is 6. The summed E-state index contributed by atoms with van der Waals surface area (Å²) in [6.45, 7) is 4.70. The first-order valence-corrected chi connectivity index (χ1v) is 10.6. The molecular weight excluding hydrogens is 360 g/mol. The lowest BCUT2D eigenvalue weighted by Gasteiger charge is -2.34. The summed E-state index contributed by atoms with van der Waals surface area (Å²) in [5, 5.41) is 13.4. The molecule has 0 radical (unpaired) electrons. The molecule has 2 aliphatic rings. The van der Waals surface area contributed by atoms with Gasteiger partial charge in [0.1, 0.15) is 5.01 Å². The number of piperazine rings is 1. The fraction of sp³-hybridized carbons (Fsp3) is 0.579. The van der Waals surface area contributed by atoms with Crippen molar-refractivity contribution in [2.45, 2.75) is 44.7 Å². The number of amides is 1. The van der Waals surface area contributed by atoms with Crippen LogP contribution in [0.15, 0.2) is 24.4 Å². The Balaban J connectivity index is 1.25. The molecule has 8 heteroatoms. The van der Waals surface area contributed by atoms with E-state index in [1.54, 1.807) is 11.3 Å². The zero-order chi connectivity index (χ0) is 18.5. The molecule has 0 aromatic carbocycles. The first-order chi connectivity index (χ1) is 13.3. The lowest BCUT2D eigenvalue weighted by molar-refractivity contribution is -0.121. The van der Waals surface area contributed by atoms with Crippen LogP contribution in [0.5, 0.6) is 0 Å². The van der Waals surface area contributed by atoms with Gasteiger partial charge in [-0.3, -0.25) is 14.7 Å². The maximum atomic E-state index is 12.2. The summed E-state index contributed by atoms with van der Waals surface area (Å²) >= 11 is 1.54. The predicted molar refractivity (Wildman–Crippen MR) is 106 cm³/mol. The van der Waals surface area contributed by atoms with Gasteiger partial charge < -0.3 is 10.2 Å². The van der Waals surface area contributed by atoms with Gasteiger partial charge in [-0.05, 0) is 25.0 Å². The van der Waals surface area contributed by atoms with Gasteiger partial charge in [-0.15, -0.1) is 10.2 Å². The summed E-state index contributed by atoms with van der Waals surface area (Å²) in [6.07, 6.45) is 6.84. The normalized spacial score (nSPS) is 18.7. The molecule has 0 bridgehead atoms. The van der Waals surface area contributed by atoms with Crippen molar-refractivity contribution in [1.82, 2.24) is 25.4 Å². The standard InChI is InChI=1S/C19H26N6OS/c26-17(21-15-5-1-2-6-15)13-18-22-23-19(27-18)25-11-9-24(10-12-25)14-16-7-3-4-8-20-16/h3-4,7-8,15H,1-2,5-6,9-14H2,(H,21,26). The predicted octanol–water partition coefficient (Wildman–Crippen LogP) is 1.86. The van der Waals surface area contributed by atoms with Gasteiger partial charge in [0.2, 0.25) is 11.0 Å². The zero-order valence-corrected chi connectivity index (χ0v) is 16.3. The molecule has 3 heterocycles. The Bertz CT molecular complexity index is 738. The first kappa shape index (κ1) is 18.3. The molecule has 1 saturated heterocycles. The van der Waals surface area contributed by atoms with Crippen molar-refractivity contribution in [3.8, 4) is 0 Å². The van der Waals surface area contributed by atoms with Crippen molar-refractivity contribution >= 4 is 22.4 Å². The summed E-state index contributed by atoms with van der Waals surface area (Å²) in [7, 11) is 0. The monoisotopic (exact) mass is 386 g/mol. The molecule has 1 aliphatic carbocycles. The number of carbonyl (C=O) groups is 1. The molecule has 2 fully saturated rings. The summed E-state index contributed by atoms with van der Waals surface area (Å²) in [4.78, 5) is 21.3. The minimum absolute atomic E-state index is 0.0739. The Morgan fingerprint density at radius 3 is 2.70 bits per heavy atom. The third kappa shape index (κ3) is 5.01. The van der Waals surface area contributed by atoms with E-state index in [-0.39, 0.29) is 5.91 Å². The molecule has 1 saturated carbocycles. The number of carbonyl (C=O) groups excluding carboxylic acids is 1. The quantitative estimate of drug-likeness (QED) is 0.817. The SMILES string of the molecule is O=C(Cc1nnc(N2CCN(Cc3ccccn3)CC2)s1)NC1CCCC1. The molecular formula is C19H26N6OS. The van der Waals surface area contributed by atoms with Crippen molar-refractivity contribution in [3.05, 3.63) is 35.1 Å². The fourth-order valence-corrected chi connectivity index (χ4v) is 4.64. The van der Waals surface area contributed by atoms with E-state index in [4.69, 9.17) is 0 Å². The molecule has 2 aromatic rings. The van der Waals surface area contributed by atoms with Crippen molar-refractivity contribution in [3.63, 3.8) is 0 Å². The highest BCUT2D eigenvalue weighted by Crippen LogP contribution is 2.23. The highest BCUT2D eigenvalue weighted by Gasteiger charge is 2.22. The number of aromatic nitrogens is 3. The number of nitrogens with one attached hydrogen (secondary N) is 1. The van der Waals surface area contributed by atoms with Crippen molar-refractivity contribution in [1.29, 1.82) is 0 Å². The largest absolute Gasteiger partial charge is 0.353 e. The van der Waals surface area contributed by atoms with E-state index in [9.17, 15) is 4.79 Å². The van der Waals surface area contributed by atoms with Crippen LogP contribution >= 0.6 is 11.3 Å². The van der Waals surface area contributed by atoms with Crippen LogP contribution < -0.4 is 10.2 Å². The molecule has 0 unspecified atom stereocenters. The average molecular weight is 387 g/mol. The van der Waals surface area contributed by atoms with Gasteiger partial charge >= 0.3 is 0 Å². The van der Waals surface area contributed by atoms with Crippen molar-refractivity contribution in [2.24, 2.45) is 0 Å². The second kappa shape index (κ2) is 8.75. The molecule has 2 aromatic heterocycles. The molecule has 144 valence electrons. The molecule has 7 nitrogen and oxygen atoms in total. The zero-order valence-electron chi connectivity index (χ0n) is 15.5. The lowest BCUT2D eigenvalue weighted by Crippen LogP contribution is -2.46. The van der Waals surface area contributed by atoms with Crippen LogP contribution in [0.3, 0.4) is 0 Å². The van der Waals surface area contributed by atoms with Gasteiger partial charge in [-0.25, -0.2) is 0 Å². The number of hydrogen-bond acceptors (Lipinski definition) is 7. The van der Waals surface area contributed by atoms with Crippen LogP contribution in [-0.4, -0.2) is 58.2 Å². The highest BCUT2D eigenvalue weighted by molar-refractivity contribution is 7.15. The van der Waals surface area contributed by atoms with Gasteiger partial charge in [-0.2, -0.15) is 0 Å². The van der Waals surface area contributed by atoms with E-state index in [1.807, 2.05) is 18.3 Å². The van der Waals surface area contributed by atoms with Crippen LogP contribution in [0, 0.1) is 0 Å². The van der Waals surface area contributed by atoms with E-state index >= 15 is 0 Å². The smallest absolute Gasteiger partial charge is 0.227 e. The van der Waals surface area contributed by atoms with E-state index < -0.39 is 0 Å². The maximum absolute atomic E-state index is 12.2. The fourth-order valence-electron chi connectivity index (χ4n) is 3.75. The number of nitrogens with zero attached hydrogens (tertiary/aromatic N) is 5. The van der Waals surface area contributed by atoms with Crippen LogP contribution in [0.25, 0.3) is 0 Å². The Morgan fingerprint density at radius 1 is 1.15 bits per heavy atom. The third-order valence-electron chi connectivity index (χ3n) is 5.24. The van der Waals surface area contributed by atoms with E-state index in [0.717, 1.165) is 61.4 Å². The van der Waals surface area contributed by atoms with Gasteiger partial charge in [0.15, 0.2) is 0 Å².